The van der Waals surface area contributed by atoms with Crippen LogP contribution >= 0.6 is 0 Å². The molecule has 1 aliphatic heterocycles. The zero-order valence-corrected chi connectivity index (χ0v) is 13.2. The lowest BCUT2D eigenvalue weighted by Crippen LogP contribution is -2.27. The fourth-order valence-electron chi connectivity index (χ4n) is 2.64. The van der Waals surface area contributed by atoms with Crippen LogP contribution in [0.4, 0.5) is 17.5 Å². The Morgan fingerprint density at radius 3 is 3.00 bits per heavy atom. The van der Waals surface area contributed by atoms with Gasteiger partial charge < -0.3 is 15.1 Å². The van der Waals surface area contributed by atoms with Gasteiger partial charge >= 0.3 is 0 Å². The highest BCUT2D eigenvalue weighted by Gasteiger charge is 2.20. The maximum absolute atomic E-state index is 4.61. The molecule has 0 bridgehead atoms. The SMILES string of the molecule is CN(C)CCNc1cnnc(N2CCCc3ccccc32)n1. The first kappa shape index (κ1) is 14.7. The fraction of sp³-hybridized carbons (Fsp3) is 0.438. The first-order valence-electron chi connectivity index (χ1n) is 7.68. The van der Waals surface area contributed by atoms with E-state index in [1.807, 2.05) is 0 Å². The lowest BCUT2D eigenvalue weighted by Gasteiger charge is -2.29. The van der Waals surface area contributed by atoms with Gasteiger partial charge in [0.15, 0.2) is 5.82 Å². The van der Waals surface area contributed by atoms with Gasteiger partial charge in [0.25, 0.3) is 5.95 Å². The molecular formula is C16H22N6. The van der Waals surface area contributed by atoms with Crippen molar-refractivity contribution in [3.05, 3.63) is 36.0 Å². The van der Waals surface area contributed by atoms with Crippen molar-refractivity contribution in [2.45, 2.75) is 12.8 Å². The van der Waals surface area contributed by atoms with Crippen molar-refractivity contribution in [3.63, 3.8) is 0 Å². The van der Waals surface area contributed by atoms with Gasteiger partial charge in [0, 0.05) is 25.3 Å². The van der Waals surface area contributed by atoms with Crippen molar-refractivity contribution in [2.24, 2.45) is 0 Å². The summed E-state index contributed by atoms with van der Waals surface area (Å²) in [5.41, 5.74) is 2.55. The summed E-state index contributed by atoms with van der Waals surface area (Å²) in [6, 6.07) is 8.45. The molecule has 0 spiro atoms. The van der Waals surface area contributed by atoms with Gasteiger partial charge in [0.05, 0.1) is 6.20 Å². The Bertz CT molecular complexity index is 628. The number of aryl methyl sites for hydroxylation is 1. The molecule has 1 aliphatic rings. The van der Waals surface area contributed by atoms with Crippen LogP contribution in [-0.2, 0) is 6.42 Å². The van der Waals surface area contributed by atoms with E-state index in [1.165, 1.54) is 11.3 Å². The van der Waals surface area contributed by atoms with E-state index >= 15 is 0 Å². The molecule has 0 aliphatic carbocycles. The molecule has 0 amide bonds. The first-order valence-corrected chi connectivity index (χ1v) is 7.68. The Labute approximate surface area is 131 Å². The number of benzene rings is 1. The predicted molar refractivity (Wildman–Crippen MR) is 88.6 cm³/mol. The van der Waals surface area contributed by atoms with Gasteiger partial charge in [-0.05, 0) is 38.6 Å². The van der Waals surface area contributed by atoms with Crippen LogP contribution in [0.1, 0.15) is 12.0 Å². The number of aromatic nitrogens is 3. The molecule has 6 heteroatoms. The normalized spacial score (nSPS) is 14.0. The Morgan fingerprint density at radius 1 is 1.27 bits per heavy atom. The van der Waals surface area contributed by atoms with E-state index in [2.05, 4.69) is 68.7 Å². The van der Waals surface area contributed by atoms with Crippen LogP contribution in [0.25, 0.3) is 0 Å². The van der Waals surface area contributed by atoms with E-state index in [4.69, 9.17) is 0 Å². The third-order valence-corrected chi connectivity index (χ3v) is 3.76. The molecule has 116 valence electrons. The minimum Gasteiger partial charge on any atom is -0.367 e. The number of fused-ring (bicyclic) bond motifs is 1. The number of nitrogens with one attached hydrogen (secondary N) is 1. The molecule has 6 nitrogen and oxygen atoms in total. The summed E-state index contributed by atoms with van der Waals surface area (Å²) < 4.78 is 0. The summed E-state index contributed by atoms with van der Waals surface area (Å²) in [5, 5.41) is 11.6. The average molecular weight is 298 g/mol. The highest BCUT2D eigenvalue weighted by atomic mass is 15.3. The van der Waals surface area contributed by atoms with Gasteiger partial charge in [0.1, 0.15) is 0 Å². The fourth-order valence-corrected chi connectivity index (χ4v) is 2.64. The Hall–Kier alpha value is -2.21. The summed E-state index contributed by atoms with van der Waals surface area (Å²) in [6.45, 7) is 2.72. The largest absolute Gasteiger partial charge is 0.367 e. The molecule has 1 aromatic heterocycles. The highest BCUT2D eigenvalue weighted by Crippen LogP contribution is 2.31. The van der Waals surface area contributed by atoms with Crippen LogP contribution in [0, 0.1) is 0 Å². The summed E-state index contributed by atoms with van der Waals surface area (Å²) in [5.74, 6) is 1.44. The Morgan fingerprint density at radius 2 is 2.14 bits per heavy atom. The van der Waals surface area contributed by atoms with Crippen molar-refractivity contribution in [2.75, 3.05) is 43.9 Å². The van der Waals surface area contributed by atoms with Gasteiger partial charge in [-0.15, -0.1) is 5.10 Å². The summed E-state index contributed by atoms with van der Waals surface area (Å²) in [7, 11) is 4.10. The predicted octanol–water partition coefficient (Wildman–Crippen LogP) is 1.93. The molecular weight excluding hydrogens is 276 g/mol. The van der Waals surface area contributed by atoms with E-state index in [0.29, 0.717) is 5.95 Å². The maximum Gasteiger partial charge on any atom is 0.251 e. The molecule has 2 aromatic rings. The standard InChI is InChI=1S/C16H22N6/c1-21(2)11-9-17-15-12-18-20-16(19-15)22-10-5-7-13-6-3-4-8-14(13)22/h3-4,6,8,12H,5,7,9-11H2,1-2H3,(H,17,19,20). The van der Waals surface area contributed by atoms with Crippen molar-refractivity contribution < 1.29 is 0 Å². The minimum absolute atomic E-state index is 0.669. The van der Waals surface area contributed by atoms with E-state index in [-0.39, 0.29) is 0 Å². The Kier molecular flexibility index (Phi) is 4.48. The van der Waals surface area contributed by atoms with Gasteiger partial charge in [-0.3, -0.25) is 0 Å². The second kappa shape index (κ2) is 6.70. The van der Waals surface area contributed by atoms with Crippen molar-refractivity contribution in [1.82, 2.24) is 20.1 Å². The molecule has 1 aromatic carbocycles. The maximum atomic E-state index is 4.61. The molecule has 0 atom stereocenters. The number of nitrogens with zero attached hydrogens (tertiary/aromatic N) is 5. The smallest absolute Gasteiger partial charge is 0.251 e. The van der Waals surface area contributed by atoms with Gasteiger partial charge in [0.2, 0.25) is 0 Å². The quantitative estimate of drug-likeness (QED) is 0.910. The van der Waals surface area contributed by atoms with Crippen LogP contribution in [0.3, 0.4) is 0 Å². The van der Waals surface area contributed by atoms with Crippen molar-refractivity contribution >= 4 is 17.5 Å². The first-order chi connectivity index (χ1) is 10.7. The molecule has 1 N–H and O–H groups in total. The van der Waals surface area contributed by atoms with E-state index in [0.717, 1.165) is 38.3 Å². The summed E-state index contributed by atoms with van der Waals surface area (Å²) >= 11 is 0. The molecule has 2 heterocycles. The number of para-hydroxylation sites is 1. The van der Waals surface area contributed by atoms with Crippen molar-refractivity contribution in [3.8, 4) is 0 Å². The zero-order valence-electron chi connectivity index (χ0n) is 13.2. The molecule has 22 heavy (non-hydrogen) atoms. The van der Waals surface area contributed by atoms with Gasteiger partial charge in [-0.25, -0.2) is 0 Å². The van der Waals surface area contributed by atoms with Crippen LogP contribution in [0.5, 0.6) is 0 Å². The number of hydrogen-bond acceptors (Lipinski definition) is 6. The molecule has 0 unspecified atom stereocenters. The monoisotopic (exact) mass is 298 g/mol. The minimum atomic E-state index is 0.669. The molecule has 3 rings (SSSR count). The number of rotatable bonds is 5. The number of likely N-dealkylation sites (N-methyl/N-ethyl adjacent to an activating group) is 1. The van der Waals surface area contributed by atoms with Crippen LogP contribution in [0.2, 0.25) is 0 Å². The molecule has 0 fully saturated rings. The van der Waals surface area contributed by atoms with Crippen LogP contribution in [-0.4, -0.2) is 53.8 Å². The third kappa shape index (κ3) is 3.33. The zero-order chi connectivity index (χ0) is 15.4. The summed E-state index contributed by atoms with van der Waals surface area (Å²) in [4.78, 5) is 8.90. The number of anilines is 3. The van der Waals surface area contributed by atoms with E-state index in [9.17, 15) is 0 Å². The third-order valence-electron chi connectivity index (χ3n) is 3.76. The van der Waals surface area contributed by atoms with Crippen molar-refractivity contribution in [1.29, 1.82) is 0 Å². The van der Waals surface area contributed by atoms with E-state index < -0.39 is 0 Å². The number of hydrogen-bond donors (Lipinski definition) is 1. The summed E-state index contributed by atoms with van der Waals surface area (Å²) in [6.07, 6.45) is 3.90. The topological polar surface area (TPSA) is 57.2 Å². The average Bonchev–Trinajstić information content (AvgIpc) is 2.54. The lowest BCUT2D eigenvalue weighted by molar-refractivity contribution is 0.425. The van der Waals surface area contributed by atoms with Gasteiger partial charge in [-0.2, -0.15) is 10.1 Å². The van der Waals surface area contributed by atoms with Crippen LogP contribution in [0.15, 0.2) is 30.5 Å². The molecule has 0 saturated heterocycles. The highest BCUT2D eigenvalue weighted by molar-refractivity contribution is 5.63. The molecule has 0 radical (unpaired) electrons. The second-order valence-electron chi connectivity index (χ2n) is 5.76. The van der Waals surface area contributed by atoms with E-state index in [1.54, 1.807) is 6.20 Å². The second-order valence-corrected chi connectivity index (χ2v) is 5.76. The van der Waals surface area contributed by atoms with Crippen LogP contribution < -0.4 is 10.2 Å². The Balaban J connectivity index is 1.78. The lowest BCUT2D eigenvalue weighted by atomic mass is 10.0. The molecule has 0 saturated carbocycles. The van der Waals surface area contributed by atoms with Gasteiger partial charge in [-0.1, -0.05) is 18.2 Å².